The second kappa shape index (κ2) is 4.61. The molecule has 4 heteroatoms. The van der Waals surface area contributed by atoms with Crippen molar-refractivity contribution in [3.05, 3.63) is 35.9 Å². The molecule has 0 amide bonds. The van der Waals surface area contributed by atoms with Crippen LogP contribution in [0.2, 0.25) is 0 Å². The maximum absolute atomic E-state index is 11.2. The first-order chi connectivity index (χ1) is 7.04. The van der Waals surface area contributed by atoms with Crippen LogP contribution in [0.15, 0.2) is 30.4 Å². The number of aromatic hydroxyl groups is 1. The molecule has 1 aromatic rings. The van der Waals surface area contributed by atoms with Crippen LogP contribution in [0.3, 0.4) is 0 Å². The molecular formula is C11H12O4. The van der Waals surface area contributed by atoms with Crippen LogP contribution in [0.5, 0.6) is 11.5 Å². The number of phenols is 1. The summed E-state index contributed by atoms with van der Waals surface area (Å²) in [5.41, 5.74) is 0.593. The number of aliphatic hydroxyl groups excluding tert-OH is 1. The third kappa shape index (κ3) is 2.82. The topological polar surface area (TPSA) is 66.8 Å². The maximum atomic E-state index is 11.2. The van der Waals surface area contributed by atoms with Crippen molar-refractivity contribution in [2.24, 2.45) is 0 Å². The second-order valence-electron chi connectivity index (χ2n) is 3.12. The molecule has 0 radical (unpaired) electrons. The molecule has 1 aromatic carbocycles. The van der Waals surface area contributed by atoms with Crippen molar-refractivity contribution in [3.8, 4) is 11.5 Å². The fourth-order valence-corrected chi connectivity index (χ4v) is 0.946. The predicted octanol–water partition coefficient (Wildman–Crippen LogP) is 1.37. The third-order valence-corrected chi connectivity index (χ3v) is 1.78. The van der Waals surface area contributed by atoms with Gasteiger partial charge in [-0.3, -0.25) is 0 Å². The van der Waals surface area contributed by atoms with E-state index >= 15 is 0 Å². The zero-order valence-electron chi connectivity index (χ0n) is 8.36. The molecule has 0 fully saturated rings. The minimum Gasteiger partial charge on any atom is -0.508 e. The number of benzene rings is 1. The Kier molecular flexibility index (Phi) is 3.46. The van der Waals surface area contributed by atoms with Crippen molar-refractivity contribution in [1.82, 2.24) is 0 Å². The van der Waals surface area contributed by atoms with E-state index < -0.39 is 5.97 Å². The number of hydrogen-bond acceptors (Lipinski definition) is 4. The molecule has 1 rings (SSSR count). The second-order valence-corrected chi connectivity index (χ2v) is 3.12. The molecular weight excluding hydrogens is 196 g/mol. The van der Waals surface area contributed by atoms with Crippen LogP contribution in [0.4, 0.5) is 0 Å². The first kappa shape index (κ1) is 11.3. The lowest BCUT2D eigenvalue weighted by Gasteiger charge is -2.06. The Morgan fingerprint density at radius 2 is 2.20 bits per heavy atom. The normalized spacial score (nSPS) is 9.73. The summed E-state index contributed by atoms with van der Waals surface area (Å²) in [7, 11) is 0. The number of carbonyl (C=O) groups excluding carboxylic acids is 1. The highest BCUT2D eigenvalue weighted by atomic mass is 16.5. The highest BCUT2D eigenvalue weighted by Gasteiger charge is 2.07. The van der Waals surface area contributed by atoms with Crippen molar-refractivity contribution < 1.29 is 19.7 Å². The minimum atomic E-state index is -0.537. The van der Waals surface area contributed by atoms with Crippen LogP contribution < -0.4 is 4.74 Å². The molecule has 15 heavy (non-hydrogen) atoms. The molecule has 0 unspecified atom stereocenters. The average molecular weight is 208 g/mol. The Balaban J connectivity index is 2.87. The Morgan fingerprint density at radius 3 is 2.73 bits per heavy atom. The van der Waals surface area contributed by atoms with Crippen LogP contribution in [0.25, 0.3) is 0 Å². The fourth-order valence-electron chi connectivity index (χ4n) is 0.946. The third-order valence-electron chi connectivity index (χ3n) is 1.78. The molecule has 0 aromatic heterocycles. The largest absolute Gasteiger partial charge is 0.508 e. The number of aliphatic hydroxyl groups is 1. The Hall–Kier alpha value is -1.81. The van der Waals surface area contributed by atoms with Gasteiger partial charge < -0.3 is 14.9 Å². The number of esters is 1. The van der Waals surface area contributed by atoms with E-state index in [0.717, 1.165) is 0 Å². The minimum absolute atomic E-state index is 0.0346. The van der Waals surface area contributed by atoms with E-state index in [2.05, 4.69) is 6.58 Å². The number of carbonyl (C=O) groups is 1. The molecule has 4 nitrogen and oxygen atoms in total. The van der Waals surface area contributed by atoms with Gasteiger partial charge in [-0.2, -0.15) is 0 Å². The summed E-state index contributed by atoms with van der Waals surface area (Å²) < 4.78 is 4.91. The van der Waals surface area contributed by atoms with Crippen molar-refractivity contribution >= 4 is 5.97 Å². The van der Waals surface area contributed by atoms with Crippen LogP contribution in [-0.4, -0.2) is 16.2 Å². The van der Waals surface area contributed by atoms with Crippen molar-refractivity contribution in [2.45, 2.75) is 13.5 Å². The number of hydrogen-bond donors (Lipinski definition) is 2. The van der Waals surface area contributed by atoms with Gasteiger partial charge in [-0.15, -0.1) is 0 Å². The highest BCUT2D eigenvalue weighted by Crippen LogP contribution is 2.23. The number of ether oxygens (including phenoxy) is 1. The highest BCUT2D eigenvalue weighted by molar-refractivity contribution is 5.88. The fraction of sp³-hybridized carbons (Fsp3) is 0.182. The molecule has 0 saturated carbocycles. The van der Waals surface area contributed by atoms with Gasteiger partial charge in [0.15, 0.2) is 0 Å². The van der Waals surface area contributed by atoms with Gasteiger partial charge in [0.2, 0.25) is 0 Å². The van der Waals surface area contributed by atoms with E-state index in [4.69, 9.17) is 9.84 Å². The SMILES string of the molecule is C=C(C)C(=O)Oc1ccc(O)c(CO)c1. The average Bonchev–Trinajstić information content (AvgIpc) is 2.20. The number of rotatable bonds is 3. The van der Waals surface area contributed by atoms with Crippen LogP contribution in [-0.2, 0) is 11.4 Å². The Labute approximate surface area is 87.4 Å². The summed E-state index contributed by atoms with van der Waals surface area (Å²) in [6, 6.07) is 4.19. The van der Waals surface area contributed by atoms with E-state index in [1.54, 1.807) is 0 Å². The van der Waals surface area contributed by atoms with Gasteiger partial charge in [0.05, 0.1) is 6.61 Å². The van der Waals surface area contributed by atoms with E-state index in [1.807, 2.05) is 0 Å². The van der Waals surface area contributed by atoms with Crippen LogP contribution in [0.1, 0.15) is 12.5 Å². The van der Waals surface area contributed by atoms with Crippen molar-refractivity contribution in [2.75, 3.05) is 0 Å². The smallest absolute Gasteiger partial charge is 0.338 e. The molecule has 0 aliphatic heterocycles. The summed E-state index contributed by atoms with van der Waals surface area (Å²) in [4.78, 5) is 11.2. The zero-order valence-corrected chi connectivity index (χ0v) is 8.36. The molecule has 0 bridgehead atoms. The molecule has 2 N–H and O–H groups in total. The molecule has 0 spiro atoms. The van der Waals surface area contributed by atoms with Gasteiger partial charge in [0.25, 0.3) is 0 Å². The summed E-state index contributed by atoms with van der Waals surface area (Å²) in [5.74, 6) is -0.304. The van der Waals surface area contributed by atoms with Gasteiger partial charge in [-0.1, -0.05) is 6.58 Å². The lowest BCUT2D eigenvalue weighted by molar-refractivity contribution is -0.130. The Bertz CT molecular complexity index is 396. The summed E-state index contributed by atoms with van der Waals surface area (Å²) in [6.07, 6.45) is 0. The van der Waals surface area contributed by atoms with Crippen LogP contribution in [0, 0.1) is 0 Å². The molecule has 0 heterocycles. The molecule has 0 aliphatic carbocycles. The van der Waals surface area contributed by atoms with Crippen molar-refractivity contribution in [3.63, 3.8) is 0 Å². The molecule has 0 saturated heterocycles. The summed E-state index contributed by atoms with van der Waals surface area (Å²) in [5, 5.41) is 18.1. The van der Waals surface area contributed by atoms with Gasteiger partial charge in [0.1, 0.15) is 11.5 Å². The van der Waals surface area contributed by atoms with Gasteiger partial charge in [-0.05, 0) is 25.1 Å². The van der Waals surface area contributed by atoms with E-state index in [-0.39, 0.29) is 23.7 Å². The lowest BCUT2D eigenvalue weighted by Crippen LogP contribution is -2.08. The Morgan fingerprint density at radius 1 is 1.53 bits per heavy atom. The van der Waals surface area contributed by atoms with E-state index in [9.17, 15) is 9.90 Å². The monoisotopic (exact) mass is 208 g/mol. The van der Waals surface area contributed by atoms with Gasteiger partial charge >= 0.3 is 5.97 Å². The standard InChI is InChI=1S/C11H12O4/c1-7(2)11(14)15-9-3-4-10(13)8(5-9)6-12/h3-5,12-13H,1,6H2,2H3. The first-order valence-electron chi connectivity index (χ1n) is 4.35. The van der Waals surface area contributed by atoms with E-state index in [1.165, 1.54) is 25.1 Å². The summed E-state index contributed by atoms with van der Waals surface area (Å²) in [6.45, 7) is 4.66. The van der Waals surface area contributed by atoms with E-state index in [0.29, 0.717) is 5.56 Å². The quantitative estimate of drug-likeness (QED) is 0.447. The van der Waals surface area contributed by atoms with Crippen LogP contribution >= 0.6 is 0 Å². The lowest BCUT2D eigenvalue weighted by atomic mass is 10.2. The predicted molar refractivity (Wildman–Crippen MR) is 54.5 cm³/mol. The molecule has 0 aliphatic rings. The van der Waals surface area contributed by atoms with Crippen molar-refractivity contribution in [1.29, 1.82) is 0 Å². The summed E-state index contributed by atoms with van der Waals surface area (Å²) >= 11 is 0. The first-order valence-corrected chi connectivity index (χ1v) is 4.35. The maximum Gasteiger partial charge on any atom is 0.338 e. The van der Waals surface area contributed by atoms with Gasteiger partial charge in [0, 0.05) is 11.1 Å². The zero-order chi connectivity index (χ0) is 11.4. The molecule has 0 atom stereocenters. The molecule has 80 valence electrons. The van der Waals surface area contributed by atoms with Gasteiger partial charge in [-0.25, -0.2) is 4.79 Å².